The normalized spacial score (nSPS) is 14.1. The molecule has 55 heavy (non-hydrogen) atoms. The first-order valence-corrected chi connectivity index (χ1v) is 24.6. The standard InChI is InChI=1S/C49H97NO5/c1-3-5-7-9-11-12-13-14-15-16-17-18-19-20-21-22-23-24-25-26-27-28-29-30-31-32-33-34-35-37-39-41-43-47(53)49(55)50-45(44-51)48(54)46(52)42-40-38-36-10-8-6-4-2/h20-21,45-48,51-54H,3-19,22-44H2,1-2H3,(H,50,55)/b21-20-. The third kappa shape index (κ3) is 38.3. The van der Waals surface area contributed by atoms with Gasteiger partial charge in [-0.05, 0) is 38.5 Å². The molecule has 0 aromatic rings. The van der Waals surface area contributed by atoms with Gasteiger partial charge < -0.3 is 25.7 Å². The Morgan fingerprint density at radius 2 is 0.727 bits per heavy atom. The second-order valence-corrected chi connectivity index (χ2v) is 17.2. The smallest absolute Gasteiger partial charge is 0.249 e. The molecular weight excluding hydrogens is 683 g/mol. The fraction of sp³-hybridized carbons (Fsp3) is 0.939. The highest BCUT2D eigenvalue weighted by atomic mass is 16.3. The first-order valence-electron chi connectivity index (χ1n) is 24.6. The van der Waals surface area contributed by atoms with E-state index in [2.05, 4.69) is 31.3 Å². The number of aliphatic hydroxyl groups excluding tert-OH is 4. The maximum Gasteiger partial charge on any atom is 0.249 e. The average Bonchev–Trinajstić information content (AvgIpc) is 3.19. The Morgan fingerprint density at radius 3 is 1.05 bits per heavy atom. The molecule has 0 aromatic carbocycles. The lowest BCUT2D eigenvalue weighted by molar-refractivity contribution is -0.132. The van der Waals surface area contributed by atoms with Crippen LogP contribution in [0.15, 0.2) is 12.2 Å². The van der Waals surface area contributed by atoms with Crippen LogP contribution in [-0.4, -0.2) is 57.3 Å². The fourth-order valence-electron chi connectivity index (χ4n) is 7.81. The molecule has 5 N–H and O–H groups in total. The second-order valence-electron chi connectivity index (χ2n) is 17.2. The number of amides is 1. The molecule has 0 saturated heterocycles. The number of rotatable bonds is 45. The van der Waals surface area contributed by atoms with Crippen LogP contribution < -0.4 is 5.32 Å². The van der Waals surface area contributed by atoms with Crippen LogP contribution in [0.4, 0.5) is 0 Å². The Morgan fingerprint density at radius 1 is 0.436 bits per heavy atom. The minimum Gasteiger partial charge on any atom is -0.394 e. The van der Waals surface area contributed by atoms with Crippen molar-refractivity contribution in [3.8, 4) is 0 Å². The maximum atomic E-state index is 12.5. The molecule has 0 spiro atoms. The van der Waals surface area contributed by atoms with Gasteiger partial charge in [-0.15, -0.1) is 0 Å². The van der Waals surface area contributed by atoms with Crippen LogP contribution in [0, 0.1) is 0 Å². The minimum atomic E-state index is -1.25. The van der Waals surface area contributed by atoms with Gasteiger partial charge in [0.15, 0.2) is 0 Å². The average molecular weight is 780 g/mol. The summed E-state index contributed by atoms with van der Waals surface area (Å²) in [4.78, 5) is 12.5. The Bertz CT molecular complexity index is 791. The first kappa shape index (κ1) is 54.0. The molecule has 0 radical (unpaired) electrons. The Kier molecular flexibility index (Phi) is 43.4. The van der Waals surface area contributed by atoms with Gasteiger partial charge in [0.1, 0.15) is 12.2 Å². The molecule has 1 amide bonds. The number of hydrogen-bond acceptors (Lipinski definition) is 5. The summed E-state index contributed by atoms with van der Waals surface area (Å²) < 4.78 is 0. The predicted octanol–water partition coefficient (Wildman–Crippen LogP) is 13.4. The van der Waals surface area contributed by atoms with Crippen molar-refractivity contribution in [3.63, 3.8) is 0 Å². The summed E-state index contributed by atoms with van der Waals surface area (Å²) in [5.41, 5.74) is 0. The minimum absolute atomic E-state index is 0.373. The summed E-state index contributed by atoms with van der Waals surface area (Å²) in [6.45, 7) is 4.01. The number of carbonyl (C=O) groups is 1. The lowest BCUT2D eigenvalue weighted by Gasteiger charge is -2.27. The van der Waals surface area contributed by atoms with Gasteiger partial charge in [-0.25, -0.2) is 0 Å². The predicted molar refractivity (Wildman–Crippen MR) is 238 cm³/mol. The Hall–Kier alpha value is -0.950. The molecule has 4 unspecified atom stereocenters. The third-order valence-electron chi connectivity index (χ3n) is 11.7. The summed E-state index contributed by atoms with van der Waals surface area (Å²) in [6.07, 6.45) is 50.2. The molecule has 6 heteroatoms. The summed E-state index contributed by atoms with van der Waals surface area (Å²) in [5.74, 6) is -0.584. The zero-order valence-corrected chi connectivity index (χ0v) is 36.9. The molecule has 0 saturated carbocycles. The molecule has 0 heterocycles. The van der Waals surface area contributed by atoms with Crippen LogP contribution in [0.25, 0.3) is 0 Å². The molecule has 0 rings (SSSR count). The van der Waals surface area contributed by atoms with Crippen molar-refractivity contribution < 1.29 is 25.2 Å². The Labute approximate surface area is 342 Å². The topological polar surface area (TPSA) is 110 Å². The van der Waals surface area contributed by atoms with Gasteiger partial charge in [-0.3, -0.25) is 4.79 Å². The van der Waals surface area contributed by atoms with E-state index in [9.17, 15) is 25.2 Å². The van der Waals surface area contributed by atoms with Crippen molar-refractivity contribution in [2.45, 2.75) is 289 Å². The Balaban J connectivity index is 3.49. The van der Waals surface area contributed by atoms with Crippen molar-refractivity contribution in [3.05, 3.63) is 12.2 Å². The highest BCUT2D eigenvalue weighted by molar-refractivity contribution is 5.80. The highest BCUT2D eigenvalue weighted by Gasteiger charge is 2.28. The lowest BCUT2D eigenvalue weighted by Crippen LogP contribution is -2.53. The molecule has 0 aliphatic rings. The van der Waals surface area contributed by atoms with Crippen molar-refractivity contribution in [2.24, 2.45) is 0 Å². The number of unbranched alkanes of at least 4 members (excludes halogenated alkanes) is 34. The van der Waals surface area contributed by atoms with E-state index in [0.717, 1.165) is 38.5 Å². The largest absolute Gasteiger partial charge is 0.394 e. The van der Waals surface area contributed by atoms with Crippen molar-refractivity contribution in [2.75, 3.05) is 6.61 Å². The van der Waals surface area contributed by atoms with E-state index in [-0.39, 0.29) is 0 Å². The van der Waals surface area contributed by atoms with Gasteiger partial charge in [0, 0.05) is 0 Å². The van der Waals surface area contributed by atoms with Gasteiger partial charge in [0.25, 0.3) is 0 Å². The number of aliphatic hydroxyl groups is 4. The van der Waals surface area contributed by atoms with E-state index in [4.69, 9.17) is 0 Å². The number of allylic oxidation sites excluding steroid dienone is 2. The molecule has 328 valence electrons. The SMILES string of the molecule is CCCCCCCCCCCCCC/C=C\CCCCCCCCCCCCCCCCCCC(O)C(=O)NC(CO)C(O)C(O)CCCCCCCCC. The first-order chi connectivity index (χ1) is 27.0. The number of carbonyl (C=O) groups excluding carboxylic acids is 1. The van der Waals surface area contributed by atoms with Crippen molar-refractivity contribution in [1.29, 1.82) is 0 Å². The van der Waals surface area contributed by atoms with Gasteiger partial charge in [0.05, 0.1) is 18.8 Å². The number of nitrogens with one attached hydrogen (secondary N) is 1. The van der Waals surface area contributed by atoms with Crippen LogP contribution in [-0.2, 0) is 4.79 Å². The second kappa shape index (κ2) is 44.2. The van der Waals surface area contributed by atoms with Crippen LogP contribution in [0.1, 0.15) is 264 Å². The van der Waals surface area contributed by atoms with Crippen molar-refractivity contribution >= 4 is 5.91 Å². The van der Waals surface area contributed by atoms with E-state index in [0.29, 0.717) is 12.8 Å². The van der Waals surface area contributed by atoms with E-state index in [1.54, 1.807) is 0 Å². The van der Waals surface area contributed by atoms with E-state index < -0.39 is 36.9 Å². The van der Waals surface area contributed by atoms with Crippen LogP contribution in [0.5, 0.6) is 0 Å². The van der Waals surface area contributed by atoms with Gasteiger partial charge >= 0.3 is 0 Å². The van der Waals surface area contributed by atoms with Crippen LogP contribution in [0.2, 0.25) is 0 Å². The molecule has 0 aliphatic carbocycles. The van der Waals surface area contributed by atoms with E-state index in [1.807, 2.05) is 0 Å². The van der Waals surface area contributed by atoms with E-state index in [1.165, 1.54) is 199 Å². The maximum absolute atomic E-state index is 12.5. The zero-order chi connectivity index (χ0) is 40.3. The molecule has 0 aromatic heterocycles. The summed E-state index contributed by atoms with van der Waals surface area (Å²) in [5, 5.41) is 43.4. The fourth-order valence-corrected chi connectivity index (χ4v) is 7.81. The molecule has 6 nitrogen and oxygen atoms in total. The third-order valence-corrected chi connectivity index (χ3v) is 11.7. The lowest BCUT2D eigenvalue weighted by atomic mass is 9.99. The monoisotopic (exact) mass is 780 g/mol. The molecule has 0 bridgehead atoms. The molecule has 0 aliphatic heterocycles. The van der Waals surface area contributed by atoms with Crippen molar-refractivity contribution in [1.82, 2.24) is 5.32 Å². The number of hydrogen-bond donors (Lipinski definition) is 5. The quantitative estimate of drug-likeness (QED) is 0.0312. The summed E-state index contributed by atoms with van der Waals surface area (Å²) >= 11 is 0. The van der Waals surface area contributed by atoms with Gasteiger partial charge in [-0.1, -0.05) is 238 Å². The van der Waals surface area contributed by atoms with Crippen LogP contribution in [0.3, 0.4) is 0 Å². The highest BCUT2D eigenvalue weighted by Crippen LogP contribution is 2.17. The van der Waals surface area contributed by atoms with Gasteiger partial charge in [0.2, 0.25) is 5.91 Å². The van der Waals surface area contributed by atoms with Crippen LogP contribution >= 0.6 is 0 Å². The van der Waals surface area contributed by atoms with Gasteiger partial charge in [-0.2, -0.15) is 0 Å². The van der Waals surface area contributed by atoms with E-state index >= 15 is 0 Å². The zero-order valence-electron chi connectivity index (χ0n) is 36.9. The summed E-state index contributed by atoms with van der Waals surface area (Å²) in [6, 6.07) is -0.979. The summed E-state index contributed by atoms with van der Waals surface area (Å²) in [7, 11) is 0. The molecule has 4 atom stereocenters. The molecular formula is C49H97NO5. The molecule has 0 fully saturated rings.